The molecule has 0 saturated carbocycles. The summed E-state index contributed by atoms with van der Waals surface area (Å²) in [7, 11) is 0. The Morgan fingerprint density at radius 1 is 1.59 bits per heavy atom. The summed E-state index contributed by atoms with van der Waals surface area (Å²) < 4.78 is 1.73. The number of carbonyl (C=O) groups is 1. The summed E-state index contributed by atoms with van der Waals surface area (Å²) >= 11 is 0. The number of amides is 1. The van der Waals surface area contributed by atoms with E-state index >= 15 is 0 Å². The molecule has 0 radical (unpaired) electrons. The van der Waals surface area contributed by atoms with E-state index in [1.54, 1.807) is 24.0 Å². The average molecular weight is 239 g/mol. The number of nitrogens with zero attached hydrogens (tertiary/aromatic N) is 3. The lowest BCUT2D eigenvalue weighted by molar-refractivity contribution is -0.117. The van der Waals surface area contributed by atoms with Crippen molar-refractivity contribution in [3.8, 4) is 0 Å². The van der Waals surface area contributed by atoms with Gasteiger partial charge in [-0.15, -0.1) is 0 Å². The Morgan fingerprint density at radius 3 is 2.71 bits per heavy atom. The number of nitrogens with one attached hydrogen (secondary N) is 1. The third-order valence-corrected chi connectivity index (χ3v) is 2.35. The van der Waals surface area contributed by atoms with E-state index in [1.165, 1.54) is 0 Å². The Hall–Kier alpha value is -2.05. The summed E-state index contributed by atoms with van der Waals surface area (Å²) in [4.78, 5) is 11.7. The Morgan fingerprint density at radius 2 is 2.24 bits per heavy atom. The largest absolute Gasteiger partial charge is 0.409 e. The van der Waals surface area contributed by atoms with Crippen molar-refractivity contribution in [2.75, 3.05) is 5.32 Å². The highest BCUT2D eigenvalue weighted by atomic mass is 16.4. The SMILES string of the molecule is CC(C(=O)Nc1cnn(C(C)C)c1)C(N)=NO. The van der Waals surface area contributed by atoms with Crippen LogP contribution in [0.25, 0.3) is 0 Å². The summed E-state index contributed by atoms with van der Waals surface area (Å²) in [5, 5.41) is 18.0. The molecule has 0 spiro atoms. The number of oxime groups is 1. The van der Waals surface area contributed by atoms with Gasteiger partial charge in [0.15, 0.2) is 5.84 Å². The highest BCUT2D eigenvalue weighted by Gasteiger charge is 2.18. The molecular formula is C10H17N5O2. The maximum absolute atomic E-state index is 11.7. The normalized spacial score (nSPS) is 13.8. The number of anilines is 1. The summed E-state index contributed by atoms with van der Waals surface area (Å²) in [5.41, 5.74) is 5.93. The fraction of sp³-hybridized carbons (Fsp3) is 0.500. The predicted octanol–water partition coefficient (Wildman–Crippen LogP) is 0.785. The lowest BCUT2D eigenvalue weighted by Gasteiger charge is -2.09. The molecule has 1 atom stereocenters. The highest BCUT2D eigenvalue weighted by Crippen LogP contribution is 2.11. The van der Waals surface area contributed by atoms with Crippen molar-refractivity contribution in [2.24, 2.45) is 16.8 Å². The lowest BCUT2D eigenvalue weighted by atomic mass is 10.1. The molecule has 1 aromatic rings. The minimum absolute atomic E-state index is 0.126. The quantitative estimate of drug-likeness (QED) is 0.312. The first kappa shape index (κ1) is 13.0. The van der Waals surface area contributed by atoms with Gasteiger partial charge >= 0.3 is 0 Å². The van der Waals surface area contributed by atoms with Crippen molar-refractivity contribution in [1.29, 1.82) is 0 Å². The number of carbonyl (C=O) groups excluding carboxylic acids is 1. The maximum atomic E-state index is 11.7. The smallest absolute Gasteiger partial charge is 0.235 e. The summed E-state index contributed by atoms with van der Waals surface area (Å²) in [6.07, 6.45) is 3.28. The maximum Gasteiger partial charge on any atom is 0.235 e. The van der Waals surface area contributed by atoms with Crippen LogP contribution < -0.4 is 11.1 Å². The number of amidine groups is 1. The number of hydrogen-bond acceptors (Lipinski definition) is 4. The standard InChI is InChI=1S/C10H17N5O2/c1-6(2)15-5-8(4-12-15)13-10(16)7(3)9(11)14-17/h4-7,17H,1-3H3,(H2,11,14)(H,13,16). The predicted molar refractivity (Wildman–Crippen MR) is 63.8 cm³/mol. The van der Waals surface area contributed by atoms with Gasteiger partial charge in [0.2, 0.25) is 5.91 Å². The van der Waals surface area contributed by atoms with E-state index < -0.39 is 5.92 Å². The van der Waals surface area contributed by atoms with Crippen molar-refractivity contribution in [3.05, 3.63) is 12.4 Å². The van der Waals surface area contributed by atoms with E-state index in [9.17, 15) is 4.79 Å². The molecule has 0 aliphatic carbocycles. The summed E-state index contributed by atoms with van der Waals surface area (Å²) in [6, 6.07) is 0.224. The number of hydrogen-bond donors (Lipinski definition) is 3. The topological polar surface area (TPSA) is 106 Å². The van der Waals surface area contributed by atoms with Crippen LogP contribution in [0.5, 0.6) is 0 Å². The molecule has 1 rings (SSSR count). The average Bonchev–Trinajstić information content (AvgIpc) is 2.75. The van der Waals surface area contributed by atoms with Crippen LogP contribution in [0, 0.1) is 5.92 Å². The molecule has 0 bridgehead atoms. The molecule has 0 aliphatic heterocycles. The second-order valence-electron chi connectivity index (χ2n) is 4.04. The van der Waals surface area contributed by atoms with Crippen LogP contribution in [0.4, 0.5) is 5.69 Å². The molecule has 0 fully saturated rings. The van der Waals surface area contributed by atoms with Crippen LogP contribution in [0.3, 0.4) is 0 Å². The van der Waals surface area contributed by atoms with Gasteiger partial charge in [0.1, 0.15) is 0 Å². The Balaban J connectivity index is 2.68. The van der Waals surface area contributed by atoms with Crippen molar-refractivity contribution in [1.82, 2.24) is 9.78 Å². The molecule has 4 N–H and O–H groups in total. The fourth-order valence-corrected chi connectivity index (χ4v) is 1.16. The van der Waals surface area contributed by atoms with Crippen LogP contribution in [-0.4, -0.2) is 26.7 Å². The molecule has 1 aromatic heterocycles. The molecule has 0 saturated heterocycles. The zero-order valence-electron chi connectivity index (χ0n) is 10.1. The second kappa shape index (κ2) is 5.33. The van der Waals surface area contributed by atoms with Crippen LogP contribution in [0.15, 0.2) is 17.5 Å². The van der Waals surface area contributed by atoms with Gasteiger partial charge in [0, 0.05) is 12.2 Å². The van der Waals surface area contributed by atoms with E-state index in [0.717, 1.165) is 0 Å². The number of rotatable bonds is 4. The highest BCUT2D eigenvalue weighted by molar-refractivity contribution is 6.07. The Bertz CT molecular complexity index is 424. The van der Waals surface area contributed by atoms with E-state index in [0.29, 0.717) is 5.69 Å². The van der Waals surface area contributed by atoms with Gasteiger partial charge in [-0.3, -0.25) is 9.48 Å². The first-order chi connectivity index (χ1) is 7.95. The molecule has 7 nitrogen and oxygen atoms in total. The van der Waals surface area contributed by atoms with Gasteiger partial charge in [-0.1, -0.05) is 5.16 Å². The molecule has 1 heterocycles. The third kappa shape index (κ3) is 3.20. The lowest BCUT2D eigenvalue weighted by Crippen LogP contribution is -2.32. The van der Waals surface area contributed by atoms with E-state index in [2.05, 4.69) is 15.6 Å². The van der Waals surface area contributed by atoms with Crippen molar-refractivity contribution in [2.45, 2.75) is 26.8 Å². The van der Waals surface area contributed by atoms with Crippen molar-refractivity contribution in [3.63, 3.8) is 0 Å². The van der Waals surface area contributed by atoms with Gasteiger partial charge in [-0.2, -0.15) is 5.10 Å². The minimum atomic E-state index is -0.692. The van der Waals surface area contributed by atoms with Crippen molar-refractivity contribution >= 4 is 17.4 Å². The third-order valence-electron chi connectivity index (χ3n) is 2.35. The van der Waals surface area contributed by atoms with E-state index in [1.807, 2.05) is 13.8 Å². The monoisotopic (exact) mass is 239 g/mol. The first-order valence-electron chi connectivity index (χ1n) is 5.28. The molecule has 0 aliphatic rings. The molecule has 1 unspecified atom stereocenters. The van der Waals surface area contributed by atoms with E-state index in [4.69, 9.17) is 10.9 Å². The molecular weight excluding hydrogens is 222 g/mol. The molecule has 1 amide bonds. The summed E-state index contributed by atoms with van der Waals surface area (Å²) in [5.74, 6) is -1.16. The number of aromatic nitrogens is 2. The van der Waals surface area contributed by atoms with Crippen LogP contribution in [-0.2, 0) is 4.79 Å². The molecule has 7 heteroatoms. The van der Waals surface area contributed by atoms with Crippen LogP contribution in [0.1, 0.15) is 26.8 Å². The minimum Gasteiger partial charge on any atom is -0.409 e. The molecule has 0 aromatic carbocycles. The Labute approximate surface area is 99.3 Å². The fourth-order valence-electron chi connectivity index (χ4n) is 1.16. The zero-order chi connectivity index (χ0) is 13.0. The van der Waals surface area contributed by atoms with Gasteiger partial charge in [-0.25, -0.2) is 0 Å². The van der Waals surface area contributed by atoms with Gasteiger partial charge in [0.05, 0.1) is 17.8 Å². The number of nitrogens with two attached hydrogens (primary N) is 1. The summed E-state index contributed by atoms with van der Waals surface area (Å²) in [6.45, 7) is 5.52. The molecule has 17 heavy (non-hydrogen) atoms. The van der Waals surface area contributed by atoms with Crippen LogP contribution in [0.2, 0.25) is 0 Å². The van der Waals surface area contributed by atoms with Gasteiger partial charge in [0.25, 0.3) is 0 Å². The second-order valence-corrected chi connectivity index (χ2v) is 4.04. The van der Waals surface area contributed by atoms with E-state index in [-0.39, 0.29) is 17.8 Å². The Kier molecular flexibility index (Phi) is 4.08. The van der Waals surface area contributed by atoms with Crippen LogP contribution >= 0.6 is 0 Å². The van der Waals surface area contributed by atoms with Gasteiger partial charge < -0.3 is 16.3 Å². The van der Waals surface area contributed by atoms with Gasteiger partial charge in [-0.05, 0) is 20.8 Å². The molecule has 94 valence electrons. The van der Waals surface area contributed by atoms with Crippen molar-refractivity contribution < 1.29 is 10.0 Å². The zero-order valence-corrected chi connectivity index (χ0v) is 10.1. The first-order valence-corrected chi connectivity index (χ1v) is 5.28.